The van der Waals surface area contributed by atoms with Crippen molar-refractivity contribution >= 4 is 5.91 Å². The van der Waals surface area contributed by atoms with Crippen LogP contribution in [0, 0.1) is 0 Å². The van der Waals surface area contributed by atoms with Crippen molar-refractivity contribution in [3.8, 4) is 0 Å². The highest BCUT2D eigenvalue weighted by atomic mass is 16.2. The summed E-state index contributed by atoms with van der Waals surface area (Å²) in [4.78, 5) is 14.3. The van der Waals surface area contributed by atoms with E-state index < -0.39 is 0 Å². The van der Waals surface area contributed by atoms with Gasteiger partial charge >= 0.3 is 0 Å². The number of nitrogens with zero attached hydrogens (tertiary/aromatic N) is 1. The van der Waals surface area contributed by atoms with Crippen molar-refractivity contribution in [1.29, 1.82) is 0 Å². The van der Waals surface area contributed by atoms with E-state index in [4.69, 9.17) is 0 Å². The maximum absolute atomic E-state index is 12.5. The molecule has 0 fully saturated rings. The van der Waals surface area contributed by atoms with Crippen molar-refractivity contribution in [2.75, 3.05) is 13.1 Å². The van der Waals surface area contributed by atoms with E-state index in [1.165, 1.54) is 5.56 Å². The zero-order chi connectivity index (χ0) is 13.8. The summed E-state index contributed by atoms with van der Waals surface area (Å²) in [5.41, 5.74) is 4.13. The summed E-state index contributed by atoms with van der Waals surface area (Å²) in [5.74, 6) is 0.0755. The highest BCUT2D eigenvalue weighted by Crippen LogP contribution is 2.21. The third-order valence-electron chi connectivity index (χ3n) is 3.50. The fourth-order valence-electron chi connectivity index (χ4n) is 2.31. The standard InChI is InChI=1S/C17H19NO/c1-4-13-8-7-9-16(10-13)17(19)18-11-14(5-2)15(6-3)12-18/h5-10H,2-4,11-12H2,1H3. The highest BCUT2D eigenvalue weighted by molar-refractivity contribution is 5.95. The maximum atomic E-state index is 12.5. The normalized spacial score (nSPS) is 14.7. The molecule has 1 aliphatic rings. The van der Waals surface area contributed by atoms with Crippen LogP contribution in [-0.2, 0) is 6.42 Å². The monoisotopic (exact) mass is 253 g/mol. The molecular formula is C17H19NO. The summed E-state index contributed by atoms with van der Waals surface area (Å²) >= 11 is 0. The Balaban J connectivity index is 2.18. The molecule has 2 heteroatoms. The molecule has 98 valence electrons. The number of amides is 1. The Kier molecular flexibility index (Phi) is 4.00. The second-order valence-electron chi connectivity index (χ2n) is 4.67. The Labute approximate surface area is 114 Å². The maximum Gasteiger partial charge on any atom is 0.254 e. The number of hydrogen-bond acceptors (Lipinski definition) is 1. The molecule has 0 radical (unpaired) electrons. The van der Waals surface area contributed by atoms with Crippen molar-refractivity contribution < 1.29 is 4.79 Å². The molecule has 1 heterocycles. The Morgan fingerprint density at radius 2 is 1.89 bits per heavy atom. The average molecular weight is 253 g/mol. The molecule has 1 amide bonds. The first-order valence-corrected chi connectivity index (χ1v) is 6.54. The van der Waals surface area contributed by atoms with E-state index >= 15 is 0 Å². The zero-order valence-electron chi connectivity index (χ0n) is 11.4. The number of aryl methyl sites for hydroxylation is 1. The second kappa shape index (κ2) is 5.70. The molecule has 1 aromatic rings. The average Bonchev–Trinajstić information content (AvgIpc) is 2.89. The summed E-state index contributed by atoms with van der Waals surface area (Å²) in [5, 5.41) is 0. The van der Waals surface area contributed by atoms with Gasteiger partial charge in [0.15, 0.2) is 0 Å². The molecule has 1 aliphatic heterocycles. The summed E-state index contributed by atoms with van der Waals surface area (Å²) in [7, 11) is 0. The molecule has 0 spiro atoms. The van der Waals surface area contributed by atoms with Crippen LogP contribution in [0.1, 0.15) is 22.8 Å². The fourth-order valence-corrected chi connectivity index (χ4v) is 2.31. The summed E-state index contributed by atoms with van der Waals surface area (Å²) in [6.07, 6.45) is 4.56. The fraction of sp³-hybridized carbons (Fsp3) is 0.235. The van der Waals surface area contributed by atoms with Crippen LogP contribution in [0.2, 0.25) is 0 Å². The summed E-state index contributed by atoms with van der Waals surface area (Å²) in [6.45, 7) is 10.9. The van der Waals surface area contributed by atoms with Crippen LogP contribution in [-0.4, -0.2) is 23.9 Å². The molecule has 0 saturated carbocycles. The first-order chi connectivity index (χ1) is 9.19. The van der Waals surface area contributed by atoms with E-state index in [-0.39, 0.29) is 5.91 Å². The van der Waals surface area contributed by atoms with E-state index in [0.717, 1.165) is 23.1 Å². The Hall–Kier alpha value is -2.09. The van der Waals surface area contributed by atoms with Gasteiger partial charge in [-0.05, 0) is 35.3 Å². The minimum Gasteiger partial charge on any atom is -0.330 e. The number of rotatable bonds is 4. The molecule has 0 atom stereocenters. The van der Waals surface area contributed by atoms with E-state index in [0.29, 0.717) is 13.1 Å². The van der Waals surface area contributed by atoms with Gasteiger partial charge in [-0.15, -0.1) is 0 Å². The molecular weight excluding hydrogens is 234 g/mol. The quantitative estimate of drug-likeness (QED) is 0.805. The zero-order valence-corrected chi connectivity index (χ0v) is 11.4. The van der Waals surface area contributed by atoms with Crippen molar-refractivity contribution in [2.45, 2.75) is 13.3 Å². The highest BCUT2D eigenvalue weighted by Gasteiger charge is 2.23. The van der Waals surface area contributed by atoms with Crippen LogP contribution < -0.4 is 0 Å². The first-order valence-electron chi connectivity index (χ1n) is 6.54. The van der Waals surface area contributed by atoms with Crippen molar-refractivity contribution in [2.24, 2.45) is 0 Å². The third kappa shape index (κ3) is 2.68. The predicted octanol–water partition coefficient (Wildman–Crippen LogP) is 3.37. The van der Waals surface area contributed by atoms with Gasteiger partial charge in [0.25, 0.3) is 5.91 Å². The van der Waals surface area contributed by atoms with Crippen LogP contribution >= 0.6 is 0 Å². The Morgan fingerprint density at radius 1 is 1.26 bits per heavy atom. The van der Waals surface area contributed by atoms with Crippen LogP contribution in [0.5, 0.6) is 0 Å². The number of carbonyl (C=O) groups excluding carboxylic acids is 1. The van der Waals surface area contributed by atoms with Gasteiger partial charge in [-0.1, -0.05) is 44.4 Å². The van der Waals surface area contributed by atoms with Crippen LogP contribution in [0.3, 0.4) is 0 Å². The van der Waals surface area contributed by atoms with Crippen molar-refractivity contribution in [3.05, 3.63) is 71.8 Å². The van der Waals surface area contributed by atoms with Gasteiger partial charge in [0.05, 0.1) is 0 Å². The minimum atomic E-state index is 0.0755. The second-order valence-corrected chi connectivity index (χ2v) is 4.67. The van der Waals surface area contributed by atoms with Crippen LogP contribution in [0.4, 0.5) is 0 Å². The minimum absolute atomic E-state index is 0.0755. The van der Waals surface area contributed by atoms with Gasteiger partial charge in [-0.2, -0.15) is 0 Å². The molecule has 0 aromatic heterocycles. The van der Waals surface area contributed by atoms with Crippen molar-refractivity contribution in [3.63, 3.8) is 0 Å². The van der Waals surface area contributed by atoms with Gasteiger partial charge in [-0.25, -0.2) is 0 Å². The van der Waals surface area contributed by atoms with Gasteiger partial charge in [-0.3, -0.25) is 4.79 Å². The van der Waals surface area contributed by atoms with Gasteiger partial charge < -0.3 is 4.90 Å². The lowest BCUT2D eigenvalue weighted by Crippen LogP contribution is -2.29. The van der Waals surface area contributed by atoms with Gasteiger partial charge in [0, 0.05) is 18.7 Å². The largest absolute Gasteiger partial charge is 0.330 e. The lowest BCUT2D eigenvalue weighted by molar-refractivity contribution is 0.0797. The first kappa shape index (κ1) is 13.3. The topological polar surface area (TPSA) is 20.3 Å². The van der Waals surface area contributed by atoms with Crippen LogP contribution in [0.15, 0.2) is 60.7 Å². The van der Waals surface area contributed by atoms with Gasteiger partial charge in [0.2, 0.25) is 0 Å². The molecule has 0 aliphatic carbocycles. The van der Waals surface area contributed by atoms with E-state index in [1.54, 1.807) is 0 Å². The molecule has 0 bridgehead atoms. The molecule has 19 heavy (non-hydrogen) atoms. The van der Waals surface area contributed by atoms with E-state index in [1.807, 2.05) is 41.3 Å². The SMILES string of the molecule is C=CC1=C(C=C)CN(C(=O)c2cccc(CC)c2)C1. The summed E-state index contributed by atoms with van der Waals surface area (Å²) in [6, 6.07) is 7.84. The summed E-state index contributed by atoms with van der Waals surface area (Å²) < 4.78 is 0. The smallest absolute Gasteiger partial charge is 0.254 e. The van der Waals surface area contributed by atoms with E-state index in [2.05, 4.69) is 20.1 Å². The molecule has 0 N–H and O–H groups in total. The van der Waals surface area contributed by atoms with Crippen molar-refractivity contribution in [1.82, 2.24) is 4.90 Å². The van der Waals surface area contributed by atoms with Crippen LogP contribution in [0.25, 0.3) is 0 Å². The predicted molar refractivity (Wildman–Crippen MR) is 79.1 cm³/mol. The molecule has 2 rings (SSSR count). The van der Waals surface area contributed by atoms with Gasteiger partial charge in [0.1, 0.15) is 0 Å². The third-order valence-corrected chi connectivity index (χ3v) is 3.50. The molecule has 0 saturated heterocycles. The lowest BCUT2D eigenvalue weighted by Gasteiger charge is -2.16. The molecule has 2 nitrogen and oxygen atoms in total. The van der Waals surface area contributed by atoms with E-state index in [9.17, 15) is 4.79 Å². The number of hydrogen-bond donors (Lipinski definition) is 0. The molecule has 0 unspecified atom stereocenters. The molecule has 1 aromatic carbocycles. The number of carbonyl (C=O) groups is 1. The number of benzene rings is 1. The lowest BCUT2D eigenvalue weighted by atomic mass is 10.1. The Morgan fingerprint density at radius 3 is 2.42 bits per heavy atom. The Bertz CT molecular complexity index is 534.